The molecule has 0 radical (unpaired) electrons. The molecular weight excluding hydrogens is 200 g/mol. The molecule has 0 heterocycles. The highest BCUT2D eigenvalue weighted by molar-refractivity contribution is 6.10. The zero-order chi connectivity index (χ0) is 11.5. The molecule has 16 heavy (non-hydrogen) atoms. The van der Waals surface area contributed by atoms with Gasteiger partial charge in [-0.05, 0) is 13.0 Å². The van der Waals surface area contributed by atoms with Gasteiger partial charge >= 0.3 is 0 Å². The Kier molecular flexibility index (Phi) is 2.73. The van der Waals surface area contributed by atoms with Crippen LogP contribution in [0.15, 0.2) is 48.5 Å². The highest BCUT2D eigenvalue weighted by Crippen LogP contribution is 2.21. The van der Waals surface area contributed by atoms with Crippen LogP contribution < -0.4 is 0 Å². The lowest BCUT2D eigenvalue weighted by Crippen LogP contribution is -2.03. The van der Waals surface area contributed by atoms with Crippen LogP contribution in [-0.4, -0.2) is 10.9 Å². The summed E-state index contributed by atoms with van der Waals surface area (Å²) in [4.78, 5) is 12.1. The van der Waals surface area contributed by atoms with Gasteiger partial charge in [0, 0.05) is 16.7 Å². The van der Waals surface area contributed by atoms with Crippen molar-refractivity contribution in [1.82, 2.24) is 0 Å². The molecule has 80 valence electrons. The molecule has 0 amide bonds. The van der Waals surface area contributed by atoms with E-state index in [0.717, 1.165) is 0 Å². The number of carbonyl (C=O) groups is 1. The van der Waals surface area contributed by atoms with Crippen LogP contribution in [0, 0.1) is 6.92 Å². The fraction of sp³-hybridized carbons (Fsp3) is 0.0714. The van der Waals surface area contributed by atoms with Gasteiger partial charge in [0.25, 0.3) is 0 Å². The van der Waals surface area contributed by atoms with Crippen molar-refractivity contribution in [3.05, 3.63) is 65.2 Å². The Hall–Kier alpha value is -2.09. The fourth-order valence-electron chi connectivity index (χ4n) is 1.61. The smallest absolute Gasteiger partial charge is 0.193 e. The second-order valence-corrected chi connectivity index (χ2v) is 3.64. The predicted molar refractivity (Wildman–Crippen MR) is 62.7 cm³/mol. The summed E-state index contributed by atoms with van der Waals surface area (Å²) in [6.07, 6.45) is 0. The molecule has 0 aromatic heterocycles. The van der Waals surface area contributed by atoms with Crippen LogP contribution in [0.1, 0.15) is 21.5 Å². The number of phenols is 1. The van der Waals surface area contributed by atoms with Crippen LogP contribution >= 0.6 is 0 Å². The van der Waals surface area contributed by atoms with Crippen molar-refractivity contribution >= 4 is 5.78 Å². The fourth-order valence-corrected chi connectivity index (χ4v) is 1.61. The molecule has 2 aromatic rings. The monoisotopic (exact) mass is 212 g/mol. The van der Waals surface area contributed by atoms with Crippen LogP contribution in [0.4, 0.5) is 0 Å². The van der Waals surface area contributed by atoms with E-state index in [1.807, 2.05) is 18.2 Å². The number of hydrogen-bond acceptors (Lipinski definition) is 2. The Morgan fingerprint density at radius 2 is 1.69 bits per heavy atom. The number of rotatable bonds is 2. The summed E-state index contributed by atoms with van der Waals surface area (Å²) in [5, 5.41) is 9.54. The maximum atomic E-state index is 12.1. The molecule has 0 saturated heterocycles. The third-order valence-corrected chi connectivity index (χ3v) is 2.59. The molecule has 0 aliphatic heterocycles. The molecule has 0 atom stereocenters. The van der Waals surface area contributed by atoms with E-state index in [0.29, 0.717) is 16.7 Å². The minimum Gasteiger partial charge on any atom is -0.508 e. The maximum Gasteiger partial charge on any atom is 0.193 e. The Morgan fingerprint density at radius 1 is 1.00 bits per heavy atom. The normalized spacial score (nSPS) is 10.1. The van der Waals surface area contributed by atoms with Gasteiger partial charge in [-0.3, -0.25) is 4.79 Å². The van der Waals surface area contributed by atoms with Gasteiger partial charge < -0.3 is 5.11 Å². The van der Waals surface area contributed by atoms with Crippen molar-refractivity contribution < 1.29 is 9.90 Å². The van der Waals surface area contributed by atoms with Gasteiger partial charge in [0.15, 0.2) is 5.78 Å². The van der Waals surface area contributed by atoms with E-state index in [2.05, 4.69) is 0 Å². The highest BCUT2D eigenvalue weighted by Gasteiger charge is 2.12. The SMILES string of the molecule is Cc1c(O)cccc1C(=O)c1ccccc1. The average molecular weight is 212 g/mol. The third kappa shape index (κ3) is 1.82. The van der Waals surface area contributed by atoms with Crippen LogP contribution in [0.25, 0.3) is 0 Å². The summed E-state index contributed by atoms with van der Waals surface area (Å²) in [6.45, 7) is 1.74. The number of aromatic hydroxyl groups is 1. The first kappa shape index (κ1) is 10.4. The predicted octanol–water partition coefficient (Wildman–Crippen LogP) is 2.93. The molecule has 0 saturated carbocycles. The Morgan fingerprint density at radius 3 is 2.38 bits per heavy atom. The lowest BCUT2D eigenvalue weighted by molar-refractivity contribution is 0.103. The lowest BCUT2D eigenvalue weighted by atomic mass is 9.99. The molecule has 1 N–H and O–H groups in total. The van der Waals surface area contributed by atoms with E-state index in [9.17, 15) is 9.90 Å². The highest BCUT2D eigenvalue weighted by atomic mass is 16.3. The number of benzene rings is 2. The van der Waals surface area contributed by atoms with Gasteiger partial charge in [0.2, 0.25) is 0 Å². The summed E-state index contributed by atoms with van der Waals surface area (Å²) in [6, 6.07) is 14.0. The van der Waals surface area contributed by atoms with E-state index >= 15 is 0 Å². The molecule has 2 rings (SSSR count). The lowest BCUT2D eigenvalue weighted by Gasteiger charge is -2.06. The molecule has 0 bridgehead atoms. The first-order chi connectivity index (χ1) is 7.70. The van der Waals surface area contributed by atoms with Gasteiger partial charge in [-0.15, -0.1) is 0 Å². The second kappa shape index (κ2) is 4.19. The van der Waals surface area contributed by atoms with E-state index in [-0.39, 0.29) is 11.5 Å². The zero-order valence-electron chi connectivity index (χ0n) is 8.97. The van der Waals surface area contributed by atoms with Gasteiger partial charge in [-0.1, -0.05) is 42.5 Å². The number of phenolic OH excluding ortho intramolecular Hbond substituents is 1. The zero-order valence-corrected chi connectivity index (χ0v) is 8.97. The summed E-state index contributed by atoms with van der Waals surface area (Å²) < 4.78 is 0. The van der Waals surface area contributed by atoms with E-state index in [4.69, 9.17) is 0 Å². The summed E-state index contributed by atoms with van der Waals surface area (Å²) in [7, 11) is 0. The van der Waals surface area contributed by atoms with Crippen molar-refractivity contribution in [2.75, 3.05) is 0 Å². The first-order valence-electron chi connectivity index (χ1n) is 5.08. The summed E-state index contributed by atoms with van der Waals surface area (Å²) >= 11 is 0. The number of hydrogen-bond donors (Lipinski definition) is 1. The summed E-state index contributed by atoms with van der Waals surface area (Å²) in [5.74, 6) is 0.0933. The van der Waals surface area contributed by atoms with Crippen molar-refractivity contribution in [2.24, 2.45) is 0 Å². The molecule has 0 spiro atoms. The molecule has 2 aromatic carbocycles. The topological polar surface area (TPSA) is 37.3 Å². The van der Waals surface area contributed by atoms with E-state index in [1.165, 1.54) is 0 Å². The average Bonchev–Trinajstić information content (AvgIpc) is 2.33. The third-order valence-electron chi connectivity index (χ3n) is 2.59. The van der Waals surface area contributed by atoms with Gasteiger partial charge in [0.05, 0.1) is 0 Å². The first-order valence-corrected chi connectivity index (χ1v) is 5.08. The quantitative estimate of drug-likeness (QED) is 0.777. The molecule has 0 aliphatic rings. The minimum absolute atomic E-state index is 0.0611. The Labute approximate surface area is 94.2 Å². The van der Waals surface area contributed by atoms with Crippen molar-refractivity contribution in [3.63, 3.8) is 0 Å². The van der Waals surface area contributed by atoms with Crippen LogP contribution in [-0.2, 0) is 0 Å². The van der Waals surface area contributed by atoms with Crippen molar-refractivity contribution in [2.45, 2.75) is 6.92 Å². The van der Waals surface area contributed by atoms with Gasteiger partial charge in [-0.25, -0.2) is 0 Å². The molecule has 2 nitrogen and oxygen atoms in total. The van der Waals surface area contributed by atoms with E-state index < -0.39 is 0 Å². The molecule has 0 aliphatic carbocycles. The Balaban J connectivity index is 2.46. The number of ketones is 1. The van der Waals surface area contributed by atoms with Crippen molar-refractivity contribution in [3.8, 4) is 5.75 Å². The van der Waals surface area contributed by atoms with Crippen molar-refractivity contribution in [1.29, 1.82) is 0 Å². The maximum absolute atomic E-state index is 12.1. The largest absolute Gasteiger partial charge is 0.508 e. The van der Waals surface area contributed by atoms with Gasteiger partial charge in [-0.2, -0.15) is 0 Å². The molecule has 0 unspecified atom stereocenters. The number of carbonyl (C=O) groups excluding carboxylic acids is 1. The van der Waals surface area contributed by atoms with Gasteiger partial charge in [0.1, 0.15) is 5.75 Å². The van der Waals surface area contributed by atoms with Crippen LogP contribution in [0.3, 0.4) is 0 Å². The van der Waals surface area contributed by atoms with E-state index in [1.54, 1.807) is 37.3 Å². The summed E-state index contributed by atoms with van der Waals surface area (Å²) in [5.41, 5.74) is 1.80. The minimum atomic E-state index is -0.0611. The molecule has 0 fully saturated rings. The second-order valence-electron chi connectivity index (χ2n) is 3.64. The standard InChI is InChI=1S/C14H12O2/c1-10-12(8-5-9-13(10)15)14(16)11-6-3-2-4-7-11/h2-9,15H,1H3. The molecule has 2 heteroatoms. The molecular formula is C14H12O2. The van der Waals surface area contributed by atoms with Crippen LogP contribution in [0.5, 0.6) is 5.75 Å². The Bertz CT molecular complexity index is 516. The van der Waals surface area contributed by atoms with Crippen LogP contribution in [0.2, 0.25) is 0 Å².